The smallest absolute Gasteiger partial charge is 0.289 e. The molecule has 5 rings (SSSR count). The molecule has 1 aromatic carbocycles. The zero-order valence-corrected chi connectivity index (χ0v) is 23.1. The Kier molecular flexibility index (Phi) is 8.80. The van der Waals surface area contributed by atoms with Crippen molar-refractivity contribution in [3.05, 3.63) is 63.5 Å². The summed E-state index contributed by atoms with van der Waals surface area (Å²) in [5, 5.41) is 7.43. The average Bonchev–Trinajstić information content (AvgIpc) is 3.72. The molecule has 0 saturated carbocycles. The molecule has 0 radical (unpaired) electrons. The third-order valence-corrected chi connectivity index (χ3v) is 8.94. The molecule has 2 aliphatic heterocycles. The zero-order chi connectivity index (χ0) is 26.5. The molecule has 9 nitrogen and oxygen atoms in total. The lowest BCUT2D eigenvalue weighted by Crippen LogP contribution is -2.45. The van der Waals surface area contributed by atoms with E-state index in [0.717, 1.165) is 29.8 Å². The van der Waals surface area contributed by atoms with Crippen LogP contribution in [0.5, 0.6) is 5.75 Å². The summed E-state index contributed by atoms with van der Waals surface area (Å²) in [6, 6.07) is 11.9. The number of ether oxygens (including phenoxy) is 2. The van der Waals surface area contributed by atoms with Gasteiger partial charge < -0.3 is 20.1 Å². The number of thiophene rings is 1. The van der Waals surface area contributed by atoms with Gasteiger partial charge >= 0.3 is 0 Å². The van der Waals surface area contributed by atoms with E-state index >= 15 is 0 Å². The topological polar surface area (TPSA) is 103 Å². The molecule has 2 aliphatic rings. The highest BCUT2D eigenvalue weighted by Crippen LogP contribution is 2.41. The first-order chi connectivity index (χ1) is 18.6. The summed E-state index contributed by atoms with van der Waals surface area (Å²) in [5.74, 6) is 1.35. The van der Waals surface area contributed by atoms with Crippen molar-refractivity contribution in [2.75, 3.05) is 53.0 Å². The molecule has 0 aliphatic carbocycles. The van der Waals surface area contributed by atoms with Crippen molar-refractivity contribution in [1.29, 1.82) is 0 Å². The van der Waals surface area contributed by atoms with Crippen LogP contribution in [0.25, 0.3) is 0 Å². The number of benzene rings is 1. The van der Waals surface area contributed by atoms with E-state index < -0.39 is 0 Å². The van der Waals surface area contributed by atoms with Crippen molar-refractivity contribution in [1.82, 2.24) is 19.6 Å². The van der Waals surface area contributed by atoms with Gasteiger partial charge in [-0.15, -0.1) is 11.3 Å². The summed E-state index contributed by atoms with van der Waals surface area (Å²) in [4.78, 5) is 30.9. The number of morpholine rings is 1. The molecule has 11 heteroatoms. The van der Waals surface area contributed by atoms with Crippen molar-refractivity contribution in [3.63, 3.8) is 0 Å². The van der Waals surface area contributed by atoms with E-state index in [1.165, 1.54) is 16.0 Å². The maximum Gasteiger partial charge on any atom is 0.289 e. The van der Waals surface area contributed by atoms with E-state index in [4.69, 9.17) is 20.3 Å². The molecule has 0 bridgehead atoms. The number of carbonyl (C=O) groups is 2. The fourth-order valence-corrected chi connectivity index (χ4v) is 6.57. The van der Waals surface area contributed by atoms with E-state index in [1.807, 2.05) is 34.5 Å². The van der Waals surface area contributed by atoms with Crippen LogP contribution in [0.2, 0.25) is 0 Å². The minimum absolute atomic E-state index is 0.0722. The molecule has 2 saturated heterocycles. The first kappa shape index (κ1) is 26.9. The van der Waals surface area contributed by atoms with Crippen LogP contribution in [0.3, 0.4) is 0 Å². The fourth-order valence-electron chi connectivity index (χ4n) is 4.86. The van der Waals surface area contributed by atoms with Gasteiger partial charge in [0, 0.05) is 37.8 Å². The number of likely N-dealkylation sites (tertiary alicyclic amines) is 1. The highest BCUT2D eigenvalue weighted by atomic mass is 32.2. The van der Waals surface area contributed by atoms with E-state index in [0.29, 0.717) is 67.3 Å². The molecule has 2 aromatic heterocycles. The van der Waals surface area contributed by atoms with Gasteiger partial charge in [0.05, 0.1) is 31.7 Å². The minimum atomic E-state index is -0.164. The predicted molar refractivity (Wildman–Crippen MR) is 148 cm³/mol. The summed E-state index contributed by atoms with van der Waals surface area (Å²) < 4.78 is 12.8. The van der Waals surface area contributed by atoms with Gasteiger partial charge in [0.25, 0.3) is 5.91 Å². The van der Waals surface area contributed by atoms with E-state index in [9.17, 15) is 9.59 Å². The van der Waals surface area contributed by atoms with Crippen LogP contribution < -0.4 is 10.5 Å². The summed E-state index contributed by atoms with van der Waals surface area (Å²) >= 11 is 2.94. The fraction of sp³-hybridized carbons (Fsp3) is 0.444. The van der Waals surface area contributed by atoms with Crippen molar-refractivity contribution in [2.45, 2.75) is 29.7 Å². The van der Waals surface area contributed by atoms with Crippen LogP contribution in [0.15, 0.2) is 46.8 Å². The largest absolute Gasteiger partial charge is 0.492 e. The zero-order valence-electron chi connectivity index (χ0n) is 21.5. The predicted octanol–water partition coefficient (Wildman–Crippen LogP) is 3.04. The second kappa shape index (κ2) is 12.4. The molecule has 4 heterocycles. The van der Waals surface area contributed by atoms with Gasteiger partial charge in [-0.1, -0.05) is 42.1 Å². The van der Waals surface area contributed by atoms with Gasteiger partial charge in [0.2, 0.25) is 5.91 Å². The number of nitrogens with two attached hydrogens (primary N) is 1. The van der Waals surface area contributed by atoms with E-state index in [1.54, 1.807) is 18.9 Å². The van der Waals surface area contributed by atoms with Crippen LogP contribution in [-0.4, -0.2) is 84.4 Å². The summed E-state index contributed by atoms with van der Waals surface area (Å²) in [6.07, 6.45) is 0.849. The van der Waals surface area contributed by atoms with Gasteiger partial charge in [0.15, 0.2) is 5.75 Å². The Balaban J connectivity index is 1.36. The number of thioether (sulfide) groups is 1. The average molecular weight is 556 g/mol. The van der Waals surface area contributed by atoms with Gasteiger partial charge in [-0.05, 0) is 35.5 Å². The quantitative estimate of drug-likeness (QED) is 0.402. The van der Waals surface area contributed by atoms with E-state index in [-0.39, 0.29) is 17.7 Å². The van der Waals surface area contributed by atoms with Crippen molar-refractivity contribution in [3.8, 4) is 5.75 Å². The molecule has 2 fully saturated rings. The third kappa shape index (κ3) is 5.97. The van der Waals surface area contributed by atoms with Crippen molar-refractivity contribution in [2.24, 2.45) is 5.73 Å². The lowest BCUT2D eigenvalue weighted by atomic mass is 10.0. The van der Waals surface area contributed by atoms with Crippen LogP contribution in [0.1, 0.15) is 38.8 Å². The maximum atomic E-state index is 13.5. The molecule has 38 heavy (non-hydrogen) atoms. The second-order valence-electron chi connectivity index (χ2n) is 9.44. The van der Waals surface area contributed by atoms with Crippen LogP contribution >= 0.6 is 23.1 Å². The van der Waals surface area contributed by atoms with E-state index in [2.05, 4.69) is 17.0 Å². The van der Waals surface area contributed by atoms with Gasteiger partial charge in [0.1, 0.15) is 10.7 Å². The standard InChI is InChI=1S/C27H33N5O4S2/c1-35-25-24(21-8-9-30(16-21)17-23(33)31-10-12-36-13-11-31)29-32(26(34)22-3-2-14-37-22)27(25)38-18-20-6-4-19(15-28)5-7-20/h2-7,14,21H,8-13,15-18,28H2,1H3. The summed E-state index contributed by atoms with van der Waals surface area (Å²) in [5.41, 5.74) is 8.72. The molecular formula is C27H33N5O4S2. The molecule has 3 aromatic rings. The van der Waals surface area contributed by atoms with Gasteiger partial charge in [-0.3, -0.25) is 14.5 Å². The molecule has 1 unspecified atom stereocenters. The summed E-state index contributed by atoms with van der Waals surface area (Å²) in [6.45, 7) is 4.87. The number of rotatable bonds is 9. The number of hydrogen-bond acceptors (Lipinski definition) is 9. The van der Waals surface area contributed by atoms with Crippen LogP contribution in [-0.2, 0) is 21.8 Å². The summed E-state index contributed by atoms with van der Waals surface area (Å²) in [7, 11) is 1.63. The number of nitrogens with zero attached hydrogens (tertiary/aromatic N) is 4. The lowest BCUT2D eigenvalue weighted by Gasteiger charge is -2.28. The number of carbonyl (C=O) groups excluding carboxylic acids is 2. The van der Waals surface area contributed by atoms with Gasteiger partial charge in [-0.25, -0.2) is 0 Å². The number of amides is 1. The number of methoxy groups -OCH3 is 1. The molecule has 0 spiro atoms. The SMILES string of the molecule is COc1c(C2CCN(CC(=O)N3CCOCC3)C2)nn(C(=O)c2cccs2)c1SCc1ccc(CN)cc1. The maximum absolute atomic E-state index is 13.5. The minimum Gasteiger partial charge on any atom is -0.492 e. The van der Waals surface area contributed by atoms with Crippen molar-refractivity contribution < 1.29 is 19.1 Å². The Morgan fingerprint density at radius 3 is 2.61 bits per heavy atom. The Bertz CT molecular complexity index is 1240. The Hall–Kier alpha value is -2.70. The van der Waals surface area contributed by atoms with Crippen molar-refractivity contribution >= 4 is 34.9 Å². The van der Waals surface area contributed by atoms with Crippen LogP contribution in [0.4, 0.5) is 0 Å². The first-order valence-corrected chi connectivity index (χ1v) is 14.7. The third-order valence-electron chi connectivity index (χ3n) is 6.97. The molecule has 2 N–H and O–H groups in total. The molecule has 202 valence electrons. The van der Waals surface area contributed by atoms with Gasteiger partial charge in [-0.2, -0.15) is 9.78 Å². The highest BCUT2D eigenvalue weighted by molar-refractivity contribution is 7.98. The number of hydrogen-bond donors (Lipinski definition) is 1. The lowest BCUT2D eigenvalue weighted by molar-refractivity contribution is -0.136. The first-order valence-electron chi connectivity index (χ1n) is 12.8. The number of aromatic nitrogens is 2. The normalized spacial score (nSPS) is 18.2. The Morgan fingerprint density at radius 2 is 1.92 bits per heavy atom. The Labute approximate surface area is 230 Å². The molecular weight excluding hydrogens is 522 g/mol. The Morgan fingerprint density at radius 1 is 1.16 bits per heavy atom. The van der Waals surface area contributed by atoms with Crippen LogP contribution in [0, 0.1) is 0 Å². The monoisotopic (exact) mass is 555 g/mol. The highest BCUT2D eigenvalue weighted by Gasteiger charge is 2.34. The second-order valence-corrected chi connectivity index (χ2v) is 11.4. The molecule has 1 amide bonds. The molecule has 1 atom stereocenters.